The summed E-state index contributed by atoms with van der Waals surface area (Å²) in [5.74, 6) is 0. The first-order chi connectivity index (χ1) is 8.87. The molecule has 1 saturated carbocycles. The molecule has 1 aliphatic heterocycles. The van der Waals surface area contributed by atoms with Crippen molar-refractivity contribution in [3.05, 3.63) is 42.2 Å². The van der Waals surface area contributed by atoms with Gasteiger partial charge in [-0.2, -0.15) is 15.0 Å². The summed E-state index contributed by atoms with van der Waals surface area (Å²) >= 11 is 0. The number of hydrogen-bond acceptors (Lipinski definition) is 3. The van der Waals surface area contributed by atoms with Gasteiger partial charge in [-0.3, -0.25) is 0 Å². The average molecular weight is 241 g/mol. The van der Waals surface area contributed by atoms with Gasteiger partial charge in [0.2, 0.25) is 0 Å². The Hall–Kier alpha value is -1.68. The highest BCUT2D eigenvalue weighted by atomic mass is 16.6. The van der Waals surface area contributed by atoms with E-state index in [0.29, 0.717) is 0 Å². The fourth-order valence-electron chi connectivity index (χ4n) is 3.09. The van der Waals surface area contributed by atoms with E-state index in [1.807, 2.05) is 6.07 Å². The lowest BCUT2D eigenvalue weighted by Gasteiger charge is -2.04. The molecule has 1 atom stereocenters. The Bertz CT molecular complexity index is 558. The average Bonchev–Trinajstić information content (AvgIpc) is 2.81. The molecule has 4 rings (SSSR count). The van der Waals surface area contributed by atoms with E-state index in [9.17, 15) is 0 Å². The predicted octanol–water partition coefficient (Wildman–Crippen LogP) is 2.65. The third kappa shape index (κ3) is 1.49. The van der Waals surface area contributed by atoms with Gasteiger partial charge in [0.05, 0.1) is 23.7 Å². The summed E-state index contributed by atoms with van der Waals surface area (Å²) < 4.78 is 5.97. The van der Waals surface area contributed by atoms with Crippen molar-refractivity contribution in [2.75, 3.05) is 0 Å². The molecule has 2 aromatic rings. The molecule has 4 nitrogen and oxygen atoms in total. The molecule has 0 bridgehead atoms. The Morgan fingerprint density at radius 2 is 1.94 bits per heavy atom. The van der Waals surface area contributed by atoms with Crippen molar-refractivity contribution in [3.8, 4) is 5.69 Å². The second kappa shape index (κ2) is 3.65. The Morgan fingerprint density at radius 1 is 1.17 bits per heavy atom. The number of nitrogens with zero attached hydrogens (tertiary/aromatic N) is 3. The van der Waals surface area contributed by atoms with E-state index in [1.54, 1.807) is 17.2 Å². The van der Waals surface area contributed by atoms with Crippen molar-refractivity contribution < 1.29 is 4.74 Å². The van der Waals surface area contributed by atoms with Gasteiger partial charge in [-0.25, -0.2) is 0 Å². The number of ether oxygens (including phenoxy) is 1. The van der Waals surface area contributed by atoms with E-state index in [4.69, 9.17) is 4.74 Å². The van der Waals surface area contributed by atoms with Crippen LogP contribution in [0.2, 0.25) is 0 Å². The molecule has 1 spiro atoms. The van der Waals surface area contributed by atoms with Crippen molar-refractivity contribution in [3.63, 3.8) is 0 Å². The van der Waals surface area contributed by atoms with Gasteiger partial charge in [-0.05, 0) is 30.5 Å². The zero-order chi connectivity index (χ0) is 12.0. The summed E-state index contributed by atoms with van der Waals surface area (Å²) in [7, 11) is 0. The van der Waals surface area contributed by atoms with Gasteiger partial charge in [0.15, 0.2) is 0 Å². The summed E-state index contributed by atoms with van der Waals surface area (Å²) in [4.78, 5) is 1.65. The van der Waals surface area contributed by atoms with Gasteiger partial charge in [0, 0.05) is 0 Å². The molecule has 4 heteroatoms. The zero-order valence-electron chi connectivity index (χ0n) is 10.1. The van der Waals surface area contributed by atoms with Crippen LogP contribution in [0.5, 0.6) is 0 Å². The van der Waals surface area contributed by atoms with E-state index in [1.165, 1.54) is 31.2 Å². The summed E-state index contributed by atoms with van der Waals surface area (Å²) in [6.45, 7) is 0. The van der Waals surface area contributed by atoms with Crippen LogP contribution < -0.4 is 0 Å². The van der Waals surface area contributed by atoms with E-state index >= 15 is 0 Å². The number of rotatable bonds is 2. The lowest BCUT2D eigenvalue weighted by molar-refractivity contribution is 0.297. The molecule has 1 saturated heterocycles. The van der Waals surface area contributed by atoms with Gasteiger partial charge in [-0.15, -0.1) is 0 Å². The Morgan fingerprint density at radius 3 is 2.72 bits per heavy atom. The summed E-state index contributed by atoms with van der Waals surface area (Å²) in [6.07, 6.45) is 8.70. The van der Waals surface area contributed by atoms with E-state index in [2.05, 4.69) is 28.4 Å². The second-order valence-corrected chi connectivity index (χ2v) is 5.18. The molecule has 1 aromatic carbocycles. The van der Waals surface area contributed by atoms with Gasteiger partial charge >= 0.3 is 0 Å². The second-order valence-electron chi connectivity index (χ2n) is 5.18. The van der Waals surface area contributed by atoms with Crippen molar-refractivity contribution >= 4 is 0 Å². The fourth-order valence-corrected chi connectivity index (χ4v) is 3.09. The maximum atomic E-state index is 5.97. The van der Waals surface area contributed by atoms with Crippen LogP contribution >= 0.6 is 0 Å². The first-order valence-electron chi connectivity index (χ1n) is 6.52. The Labute approximate surface area is 106 Å². The predicted molar refractivity (Wildman–Crippen MR) is 66.4 cm³/mol. The molecule has 92 valence electrons. The maximum absolute atomic E-state index is 5.97. The normalized spacial score (nSPS) is 24.6. The molecule has 1 aromatic heterocycles. The van der Waals surface area contributed by atoms with Crippen molar-refractivity contribution in [1.29, 1.82) is 0 Å². The van der Waals surface area contributed by atoms with Gasteiger partial charge in [0.1, 0.15) is 6.10 Å². The molecule has 1 aliphatic carbocycles. The van der Waals surface area contributed by atoms with Crippen LogP contribution in [0, 0.1) is 0 Å². The smallest absolute Gasteiger partial charge is 0.112 e. The Kier molecular flexibility index (Phi) is 2.08. The quantitative estimate of drug-likeness (QED) is 0.759. The van der Waals surface area contributed by atoms with E-state index < -0.39 is 0 Å². The van der Waals surface area contributed by atoms with Crippen molar-refractivity contribution in [1.82, 2.24) is 15.0 Å². The lowest BCUT2D eigenvalue weighted by atomic mass is 9.98. The van der Waals surface area contributed by atoms with E-state index in [0.717, 1.165) is 5.69 Å². The number of epoxide rings is 1. The van der Waals surface area contributed by atoms with Crippen LogP contribution in [-0.2, 0) is 4.74 Å². The van der Waals surface area contributed by atoms with Crippen LogP contribution in [0.4, 0.5) is 0 Å². The molecule has 1 unspecified atom stereocenters. The highest BCUT2D eigenvalue weighted by Crippen LogP contribution is 2.58. The summed E-state index contributed by atoms with van der Waals surface area (Å²) in [5.41, 5.74) is 2.42. The van der Waals surface area contributed by atoms with Gasteiger partial charge in [0.25, 0.3) is 0 Å². The van der Waals surface area contributed by atoms with Gasteiger partial charge < -0.3 is 4.74 Å². The largest absolute Gasteiger partial charge is 0.361 e. The van der Waals surface area contributed by atoms with Crippen molar-refractivity contribution in [2.45, 2.75) is 37.4 Å². The molecule has 0 radical (unpaired) electrons. The molecular formula is C14H15N3O. The first-order valence-corrected chi connectivity index (χ1v) is 6.52. The summed E-state index contributed by atoms with van der Waals surface area (Å²) in [5, 5.41) is 8.32. The monoisotopic (exact) mass is 241 g/mol. The number of hydrogen-bond donors (Lipinski definition) is 0. The highest BCUT2D eigenvalue weighted by molar-refractivity contribution is 5.38. The molecule has 2 heterocycles. The summed E-state index contributed by atoms with van der Waals surface area (Å²) in [6, 6.07) is 8.36. The minimum Gasteiger partial charge on any atom is -0.361 e. The standard InChI is InChI=1S/C14H15N3O/c1-2-7-14(6-1)13(18-14)11-4-3-5-12(10-11)17-15-8-9-16-17/h3-5,8-10,13H,1-2,6-7H2. The van der Waals surface area contributed by atoms with Crippen LogP contribution in [0.15, 0.2) is 36.7 Å². The first kappa shape index (κ1) is 10.3. The molecule has 0 amide bonds. The molecule has 2 fully saturated rings. The van der Waals surface area contributed by atoms with Crippen LogP contribution in [0.3, 0.4) is 0 Å². The molecular weight excluding hydrogens is 226 g/mol. The SMILES string of the molecule is c1cc(C2OC23CCCC3)cc(-n2nccn2)c1. The third-order valence-corrected chi connectivity index (χ3v) is 4.05. The van der Waals surface area contributed by atoms with Crippen LogP contribution in [0.25, 0.3) is 5.69 Å². The molecule has 18 heavy (non-hydrogen) atoms. The zero-order valence-corrected chi connectivity index (χ0v) is 10.1. The minimum absolute atomic E-state index is 0.163. The molecule has 0 N–H and O–H groups in total. The molecule has 2 aliphatic rings. The topological polar surface area (TPSA) is 43.2 Å². The van der Waals surface area contributed by atoms with Crippen LogP contribution in [0.1, 0.15) is 37.4 Å². The highest BCUT2D eigenvalue weighted by Gasteiger charge is 2.57. The van der Waals surface area contributed by atoms with E-state index in [-0.39, 0.29) is 11.7 Å². The lowest BCUT2D eigenvalue weighted by Crippen LogP contribution is -2.05. The number of benzene rings is 1. The Balaban J connectivity index is 1.65. The van der Waals surface area contributed by atoms with Crippen LogP contribution in [-0.4, -0.2) is 20.6 Å². The van der Waals surface area contributed by atoms with Crippen molar-refractivity contribution in [2.24, 2.45) is 0 Å². The third-order valence-electron chi connectivity index (χ3n) is 4.05. The maximum Gasteiger partial charge on any atom is 0.112 e. The minimum atomic E-state index is 0.163. The fraction of sp³-hybridized carbons (Fsp3) is 0.429. The van der Waals surface area contributed by atoms with Gasteiger partial charge in [-0.1, -0.05) is 25.0 Å². The number of aromatic nitrogens is 3.